The Kier molecular flexibility index (Phi) is 10.6. The van der Waals surface area contributed by atoms with Gasteiger partial charge in [-0.1, -0.05) is 6.07 Å². The first-order chi connectivity index (χ1) is 22.0. The summed E-state index contributed by atoms with van der Waals surface area (Å²) in [4.78, 5) is 16.9. The second-order valence-corrected chi connectivity index (χ2v) is 14.3. The van der Waals surface area contributed by atoms with Gasteiger partial charge in [0.15, 0.2) is 0 Å². The molecule has 1 fully saturated rings. The number of nitrogens with zero attached hydrogens (tertiary/aromatic N) is 3. The molecule has 0 spiro atoms. The van der Waals surface area contributed by atoms with Gasteiger partial charge in [0.05, 0.1) is 31.0 Å². The van der Waals surface area contributed by atoms with Crippen LogP contribution in [0, 0.1) is 11.6 Å². The number of ether oxygens (including phenoxy) is 1. The minimum atomic E-state index is -6.09. The molecule has 2 aliphatic rings. The maximum atomic E-state index is 16.1. The third kappa shape index (κ3) is 8.48. The van der Waals surface area contributed by atoms with Crippen LogP contribution in [0.25, 0.3) is 0 Å². The van der Waals surface area contributed by atoms with Crippen LogP contribution in [0.1, 0.15) is 56.8 Å². The Bertz CT molecular complexity index is 1580. The quantitative estimate of drug-likeness (QED) is 0.159. The van der Waals surface area contributed by atoms with Crippen LogP contribution in [-0.2, 0) is 21.3 Å². The lowest BCUT2D eigenvalue weighted by Gasteiger charge is -2.45. The molecule has 2 aliphatic heterocycles. The van der Waals surface area contributed by atoms with Crippen molar-refractivity contribution in [2.45, 2.75) is 75.9 Å². The minimum absolute atomic E-state index is 0.00176. The van der Waals surface area contributed by atoms with E-state index in [1.807, 2.05) is 4.90 Å². The molecular weight excluding hydrogens is 685 g/mol. The van der Waals surface area contributed by atoms with Gasteiger partial charge in [-0.2, -0.15) is 34.8 Å². The van der Waals surface area contributed by atoms with Crippen molar-refractivity contribution < 1.29 is 61.6 Å². The predicted molar refractivity (Wildman–Crippen MR) is 156 cm³/mol. The van der Waals surface area contributed by atoms with E-state index in [9.17, 15) is 43.9 Å². The van der Waals surface area contributed by atoms with Crippen LogP contribution in [0.4, 0.5) is 50.0 Å². The zero-order valence-electron chi connectivity index (χ0n) is 26.3. The molecule has 2 aromatic rings. The number of rotatable bonds is 9. The van der Waals surface area contributed by atoms with E-state index < -0.39 is 87.8 Å². The molecule has 2 heterocycles. The normalized spacial score (nSPS) is 19.9. The summed E-state index contributed by atoms with van der Waals surface area (Å²) in [5.41, 5.74) is -8.03. The number of likely N-dealkylation sites (tertiary alicyclic amines) is 1. The smallest absolute Gasteiger partial charge is 0.443 e. The average Bonchev–Trinajstić information content (AvgIpc) is 2.88. The van der Waals surface area contributed by atoms with Crippen molar-refractivity contribution in [2.75, 3.05) is 37.8 Å². The van der Waals surface area contributed by atoms with Gasteiger partial charge in [-0.3, -0.25) is 19.1 Å². The lowest BCUT2D eigenvalue weighted by atomic mass is 9.84. The number of benzene rings is 2. The van der Waals surface area contributed by atoms with E-state index in [2.05, 4.69) is 4.18 Å². The summed E-state index contributed by atoms with van der Waals surface area (Å²) in [6, 6.07) is 0.630. The molecule has 1 amide bonds. The van der Waals surface area contributed by atoms with Crippen molar-refractivity contribution in [3.05, 3.63) is 58.7 Å². The second kappa shape index (κ2) is 13.6. The highest BCUT2D eigenvalue weighted by Gasteiger charge is 2.49. The lowest BCUT2D eigenvalue weighted by molar-refractivity contribution is -0.155. The molecule has 1 saturated heterocycles. The average molecular weight is 720 g/mol. The summed E-state index contributed by atoms with van der Waals surface area (Å²) in [7, 11) is -6.09. The van der Waals surface area contributed by atoms with Gasteiger partial charge in [0.1, 0.15) is 23.0 Å². The van der Waals surface area contributed by atoms with E-state index in [4.69, 9.17) is 4.74 Å². The van der Waals surface area contributed by atoms with E-state index in [-0.39, 0.29) is 42.7 Å². The Morgan fingerprint density at radius 3 is 2.12 bits per heavy atom. The zero-order valence-corrected chi connectivity index (χ0v) is 27.1. The zero-order chi connectivity index (χ0) is 36.0. The predicted octanol–water partition coefficient (Wildman–Crippen LogP) is 6.88. The second-order valence-electron chi connectivity index (χ2n) is 12.7. The topological polar surface area (TPSA) is 79.4 Å². The number of fused-ring (bicyclic) bond motifs is 1. The van der Waals surface area contributed by atoms with E-state index in [0.717, 1.165) is 40.1 Å². The van der Waals surface area contributed by atoms with Crippen molar-refractivity contribution in [2.24, 2.45) is 0 Å². The largest absolute Gasteiger partial charge is 0.534 e. The molecule has 4 rings (SSSR count). The number of anilines is 1. The van der Waals surface area contributed by atoms with Gasteiger partial charge in [-0.05, 0) is 75.9 Å². The van der Waals surface area contributed by atoms with E-state index >= 15 is 8.78 Å². The maximum Gasteiger partial charge on any atom is 0.534 e. The number of alkyl halides is 7. The molecule has 0 aliphatic carbocycles. The Morgan fingerprint density at radius 2 is 1.60 bits per heavy atom. The van der Waals surface area contributed by atoms with Crippen LogP contribution in [-0.4, -0.2) is 86.5 Å². The summed E-state index contributed by atoms with van der Waals surface area (Å²) in [6.07, 6.45) is -5.81. The van der Waals surface area contributed by atoms with Crippen molar-refractivity contribution in [3.63, 3.8) is 0 Å². The molecule has 0 N–H and O–H groups in total. The SMILES string of the molecule is CC1Cc2cc(OS(=O)(=O)C(F)(F)F)ccc2C(c2c(F)cc(N(C(=O)OC(C)(C)C)C3CN(CCCF)C3)cc2F)N1CC(F)(F)F. The van der Waals surface area contributed by atoms with Gasteiger partial charge in [0, 0.05) is 31.2 Å². The molecule has 2 atom stereocenters. The van der Waals surface area contributed by atoms with E-state index in [0.29, 0.717) is 6.54 Å². The number of carbonyl (C=O) groups excluding carboxylic acids is 1. The number of carbonyl (C=O) groups is 1. The number of hydrogen-bond acceptors (Lipinski definition) is 7. The van der Waals surface area contributed by atoms with Crippen LogP contribution in [0.15, 0.2) is 30.3 Å². The fraction of sp³-hybridized carbons (Fsp3) is 0.567. The van der Waals surface area contributed by atoms with Gasteiger partial charge in [0.25, 0.3) is 0 Å². The third-order valence-electron chi connectivity index (χ3n) is 7.79. The van der Waals surface area contributed by atoms with Crippen molar-refractivity contribution in [3.8, 4) is 5.75 Å². The molecule has 8 nitrogen and oxygen atoms in total. The number of hydrogen-bond donors (Lipinski definition) is 0. The van der Waals surface area contributed by atoms with Crippen LogP contribution in [0.3, 0.4) is 0 Å². The molecule has 0 radical (unpaired) electrons. The van der Waals surface area contributed by atoms with Gasteiger partial charge in [0.2, 0.25) is 0 Å². The van der Waals surface area contributed by atoms with Crippen molar-refractivity contribution in [1.29, 1.82) is 0 Å². The Morgan fingerprint density at radius 1 is 1.00 bits per heavy atom. The summed E-state index contributed by atoms with van der Waals surface area (Å²) in [5.74, 6) is -3.46. The number of halogens is 9. The van der Waals surface area contributed by atoms with E-state index in [1.165, 1.54) is 6.92 Å². The molecule has 2 unspecified atom stereocenters. The van der Waals surface area contributed by atoms with Crippen LogP contribution in [0.5, 0.6) is 5.75 Å². The Balaban J connectivity index is 1.79. The van der Waals surface area contributed by atoms with Gasteiger partial charge >= 0.3 is 27.9 Å². The summed E-state index contributed by atoms with van der Waals surface area (Å²) in [6.45, 7) is 4.68. The first kappa shape index (κ1) is 37.6. The van der Waals surface area contributed by atoms with Crippen molar-refractivity contribution in [1.82, 2.24) is 9.80 Å². The van der Waals surface area contributed by atoms with E-state index in [1.54, 1.807) is 20.8 Å². The fourth-order valence-corrected chi connectivity index (χ4v) is 6.27. The Hall–Kier alpha value is -3.25. The fourth-order valence-electron chi connectivity index (χ4n) is 5.82. The highest BCUT2D eigenvalue weighted by atomic mass is 32.2. The molecule has 48 heavy (non-hydrogen) atoms. The minimum Gasteiger partial charge on any atom is -0.443 e. The highest BCUT2D eigenvalue weighted by Crippen LogP contribution is 2.44. The van der Waals surface area contributed by atoms with Crippen LogP contribution < -0.4 is 9.08 Å². The molecular formula is C30H34F9N3O5S. The van der Waals surface area contributed by atoms with Crippen molar-refractivity contribution >= 4 is 21.9 Å². The molecule has 0 aromatic heterocycles. The maximum absolute atomic E-state index is 16.1. The first-order valence-electron chi connectivity index (χ1n) is 14.8. The van der Waals surface area contributed by atoms with Gasteiger partial charge in [-0.25, -0.2) is 13.6 Å². The third-order valence-corrected chi connectivity index (χ3v) is 8.77. The molecule has 0 bridgehead atoms. The Labute approximate surface area is 271 Å². The standard InChI is InChI=1S/C30H34F9N3O5S/c1-17-10-18-11-21(47-48(44,45)30(37,38)39)6-7-22(18)26(41(17)16-29(34,35)36)25-23(32)12-19(13-24(25)33)42(27(43)46-28(2,3)4)20-14-40(15-20)9-5-8-31/h6-7,11-13,17,20,26H,5,8-10,14-16H2,1-4H3. The molecule has 2 aromatic carbocycles. The monoisotopic (exact) mass is 719 g/mol. The van der Waals surface area contributed by atoms with Crippen LogP contribution >= 0.6 is 0 Å². The highest BCUT2D eigenvalue weighted by molar-refractivity contribution is 7.88. The summed E-state index contributed by atoms with van der Waals surface area (Å²) >= 11 is 0. The van der Waals surface area contributed by atoms with Gasteiger partial charge < -0.3 is 8.92 Å². The molecule has 0 saturated carbocycles. The van der Waals surface area contributed by atoms with Crippen LogP contribution in [0.2, 0.25) is 0 Å². The van der Waals surface area contributed by atoms with Gasteiger partial charge in [-0.15, -0.1) is 0 Å². The summed E-state index contributed by atoms with van der Waals surface area (Å²) in [5, 5.41) is 0. The molecule has 18 heteroatoms. The number of amides is 1. The lowest BCUT2D eigenvalue weighted by Crippen LogP contribution is -2.61. The first-order valence-corrected chi connectivity index (χ1v) is 16.2. The molecule has 268 valence electrons. The summed E-state index contributed by atoms with van der Waals surface area (Å²) < 4.78 is 158.